The van der Waals surface area contributed by atoms with E-state index < -0.39 is 60.0 Å². The highest BCUT2D eigenvalue weighted by Gasteiger charge is 2.45. The summed E-state index contributed by atoms with van der Waals surface area (Å²) in [4.78, 5) is 12.5. The Balaban J connectivity index is 1.76. The molecule has 1 aliphatic rings. The zero-order valence-corrected chi connectivity index (χ0v) is 16.0. The lowest BCUT2D eigenvalue weighted by atomic mass is 9.99. The first-order valence-corrected chi connectivity index (χ1v) is 9.37. The number of phenols is 2. The highest BCUT2D eigenvalue weighted by atomic mass is 16.7. The fourth-order valence-corrected chi connectivity index (χ4v) is 3.39. The third kappa shape index (κ3) is 3.71. The SMILES string of the molecule is O=c1cc(-c2ccccc2)oc2cc(OC3OC(CO)C(O)C(O)C3O)c(O)c(O)c12. The van der Waals surface area contributed by atoms with Gasteiger partial charge in [-0.1, -0.05) is 30.3 Å². The van der Waals surface area contributed by atoms with Gasteiger partial charge in [-0.2, -0.15) is 0 Å². The van der Waals surface area contributed by atoms with Gasteiger partial charge in [0.25, 0.3) is 0 Å². The van der Waals surface area contributed by atoms with Crippen LogP contribution in [0.5, 0.6) is 17.2 Å². The number of phenolic OH excluding ortho intramolecular Hbond substituents is 2. The minimum atomic E-state index is -1.74. The van der Waals surface area contributed by atoms with Crippen molar-refractivity contribution in [3.8, 4) is 28.6 Å². The molecule has 0 bridgehead atoms. The van der Waals surface area contributed by atoms with Crippen molar-refractivity contribution in [1.29, 1.82) is 0 Å². The molecule has 2 heterocycles. The summed E-state index contributed by atoms with van der Waals surface area (Å²) in [6.45, 7) is -0.672. The van der Waals surface area contributed by atoms with Crippen LogP contribution in [0.2, 0.25) is 0 Å². The van der Waals surface area contributed by atoms with E-state index in [0.29, 0.717) is 5.56 Å². The zero-order valence-electron chi connectivity index (χ0n) is 16.0. The van der Waals surface area contributed by atoms with Crippen molar-refractivity contribution < 1.29 is 44.5 Å². The molecule has 10 heteroatoms. The Kier molecular flexibility index (Phi) is 5.56. The molecule has 2 aromatic carbocycles. The second kappa shape index (κ2) is 8.17. The van der Waals surface area contributed by atoms with Crippen LogP contribution in [0, 0.1) is 0 Å². The lowest BCUT2D eigenvalue weighted by Crippen LogP contribution is -2.60. The quantitative estimate of drug-likeness (QED) is 0.310. The number of fused-ring (bicyclic) bond motifs is 1. The Labute approximate surface area is 174 Å². The number of ether oxygens (including phenoxy) is 2. The predicted octanol–water partition coefficient (Wildman–Crippen LogP) is 0.0499. The van der Waals surface area contributed by atoms with Gasteiger partial charge in [0.2, 0.25) is 12.0 Å². The molecule has 5 atom stereocenters. The first-order chi connectivity index (χ1) is 14.8. The maximum Gasteiger partial charge on any atom is 0.229 e. The summed E-state index contributed by atoms with van der Waals surface area (Å²) < 4.78 is 16.4. The number of hydrogen-bond donors (Lipinski definition) is 6. The van der Waals surface area contributed by atoms with Gasteiger partial charge in [-0.3, -0.25) is 4.79 Å². The molecule has 5 unspecified atom stereocenters. The van der Waals surface area contributed by atoms with Crippen LogP contribution in [0.3, 0.4) is 0 Å². The summed E-state index contributed by atoms with van der Waals surface area (Å²) in [6.07, 6.45) is -7.87. The van der Waals surface area contributed by atoms with Crippen molar-refractivity contribution in [2.75, 3.05) is 6.61 Å². The normalized spacial score (nSPS) is 26.1. The average Bonchev–Trinajstić information content (AvgIpc) is 2.77. The van der Waals surface area contributed by atoms with E-state index in [0.717, 1.165) is 6.07 Å². The molecule has 1 aromatic heterocycles. The predicted molar refractivity (Wildman–Crippen MR) is 106 cm³/mol. The van der Waals surface area contributed by atoms with Crippen LogP contribution >= 0.6 is 0 Å². The van der Waals surface area contributed by atoms with Crippen molar-refractivity contribution in [2.24, 2.45) is 0 Å². The topological polar surface area (TPSA) is 170 Å². The number of aliphatic hydroxyl groups excluding tert-OH is 4. The fraction of sp³-hybridized carbons (Fsp3) is 0.286. The Morgan fingerprint density at radius 1 is 0.935 bits per heavy atom. The van der Waals surface area contributed by atoms with Crippen molar-refractivity contribution in [2.45, 2.75) is 30.7 Å². The number of aromatic hydroxyl groups is 2. The van der Waals surface area contributed by atoms with Crippen LogP contribution in [0.15, 0.2) is 51.7 Å². The van der Waals surface area contributed by atoms with E-state index in [4.69, 9.17) is 13.9 Å². The Morgan fingerprint density at radius 2 is 1.65 bits per heavy atom. The van der Waals surface area contributed by atoms with Gasteiger partial charge in [0, 0.05) is 17.7 Å². The minimum Gasteiger partial charge on any atom is -0.504 e. The highest BCUT2D eigenvalue weighted by molar-refractivity contribution is 5.89. The number of hydrogen-bond acceptors (Lipinski definition) is 10. The molecule has 0 spiro atoms. The molecule has 164 valence electrons. The summed E-state index contributed by atoms with van der Waals surface area (Å²) in [5, 5.41) is 59.6. The van der Waals surface area contributed by atoms with Gasteiger partial charge < -0.3 is 44.5 Å². The molecule has 6 N–H and O–H groups in total. The molecule has 3 aromatic rings. The fourth-order valence-electron chi connectivity index (χ4n) is 3.39. The van der Waals surface area contributed by atoms with Crippen molar-refractivity contribution in [3.05, 3.63) is 52.7 Å². The second-order valence-electron chi connectivity index (χ2n) is 7.10. The molecule has 1 aliphatic heterocycles. The molecule has 4 rings (SSSR count). The molecule has 10 nitrogen and oxygen atoms in total. The van der Waals surface area contributed by atoms with Crippen molar-refractivity contribution >= 4 is 11.0 Å². The maximum absolute atomic E-state index is 12.5. The van der Waals surface area contributed by atoms with Crippen molar-refractivity contribution in [1.82, 2.24) is 0 Å². The number of aliphatic hydroxyl groups is 4. The van der Waals surface area contributed by atoms with E-state index in [-0.39, 0.29) is 16.7 Å². The van der Waals surface area contributed by atoms with Gasteiger partial charge >= 0.3 is 0 Å². The van der Waals surface area contributed by atoms with Gasteiger partial charge in [0.1, 0.15) is 41.1 Å². The van der Waals surface area contributed by atoms with E-state index in [1.165, 1.54) is 6.07 Å². The van der Waals surface area contributed by atoms with Crippen LogP contribution in [-0.2, 0) is 4.74 Å². The third-order valence-corrected chi connectivity index (χ3v) is 5.08. The summed E-state index contributed by atoms with van der Waals surface area (Å²) >= 11 is 0. The van der Waals surface area contributed by atoms with Crippen LogP contribution in [-0.4, -0.2) is 68.0 Å². The first-order valence-electron chi connectivity index (χ1n) is 9.37. The average molecular weight is 432 g/mol. The Hall–Kier alpha value is -3.15. The molecule has 1 saturated heterocycles. The molecular formula is C21H20O10. The lowest BCUT2D eigenvalue weighted by molar-refractivity contribution is -0.277. The summed E-state index contributed by atoms with van der Waals surface area (Å²) in [5.41, 5.74) is -0.112. The zero-order chi connectivity index (χ0) is 22.3. The third-order valence-electron chi connectivity index (χ3n) is 5.08. The van der Waals surface area contributed by atoms with Crippen LogP contribution in [0.4, 0.5) is 0 Å². The summed E-state index contributed by atoms with van der Waals surface area (Å²) in [6, 6.07) is 11.0. The standard InChI is InChI=1S/C21H20O10/c22-8-14-17(25)19(27)20(28)21(31-14)30-13-7-12-15(18(26)16(13)24)10(23)6-11(29-12)9-4-2-1-3-5-9/h1-7,14,17,19-22,24-28H,8H2. The van der Waals surface area contributed by atoms with Crippen molar-refractivity contribution in [3.63, 3.8) is 0 Å². The van der Waals surface area contributed by atoms with E-state index in [9.17, 15) is 35.4 Å². The maximum atomic E-state index is 12.5. The van der Waals surface area contributed by atoms with Crippen LogP contribution < -0.4 is 10.2 Å². The van der Waals surface area contributed by atoms with Gasteiger partial charge in [-0.25, -0.2) is 0 Å². The van der Waals surface area contributed by atoms with Gasteiger partial charge in [-0.05, 0) is 0 Å². The molecule has 31 heavy (non-hydrogen) atoms. The Bertz CT molecular complexity index is 1140. The summed E-state index contributed by atoms with van der Waals surface area (Å²) in [7, 11) is 0. The lowest BCUT2D eigenvalue weighted by Gasteiger charge is -2.39. The van der Waals surface area contributed by atoms with Gasteiger partial charge in [0.05, 0.1) is 6.61 Å². The summed E-state index contributed by atoms with van der Waals surface area (Å²) in [5.74, 6) is -1.82. The smallest absolute Gasteiger partial charge is 0.229 e. The molecule has 0 aliphatic carbocycles. The monoisotopic (exact) mass is 432 g/mol. The molecule has 0 radical (unpaired) electrons. The van der Waals surface area contributed by atoms with E-state index in [1.807, 2.05) is 0 Å². The second-order valence-corrected chi connectivity index (χ2v) is 7.10. The van der Waals surface area contributed by atoms with E-state index >= 15 is 0 Å². The highest BCUT2D eigenvalue weighted by Crippen LogP contribution is 2.42. The van der Waals surface area contributed by atoms with E-state index in [2.05, 4.69) is 0 Å². The molecule has 0 saturated carbocycles. The largest absolute Gasteiger partial charge is 0.504 e. The molecule has 1 fully saturated rings. The minimum absolute atomic E-state index is 0.110. The van der Waals surface area contributed by atoms with Gasteiger partial charge in [-0.15, -0.1) is 0 Å². The van der Waals surface area contributed by atoms with E-state index in [1.54, 1.807) is 30.3 Å². The first kappa shape index (κ1) is 21.1. The van der Waals surface area contributed by atoms with Gasteiger partial charge in [0.15, 0.2) is 16.9 Å². The molecular weight excluding hydrogens is 412 g/mol. The Morgan fingerprint density at radius 3 is 2.32 bits per heavy atom. The number of rotatable bonds is 4. The van der Waals surface area contributed by atoms with Crippen LogP contribution in [0.1, 0.15) is 0 Å². The molecule has 0 amide bonds. The van der Waals surface area contributed by atoms with Crippen LogP contribution in [0.25, 0.3) is 22.3 Å². The number of benzene rings is 2.